The Morgan fingerprint density at radius 2 is 2.18 bits per heavy atom. The van der Waals surface area contributed by atoms with Gasteiger partial charge in [0, 0.05) is 19.1 Å². The molecule has 0 radical (unpaired) electrons. The van der Waals surface area contributed by atoms with Crippen molar-refractivity contribution in [3.05, 3.63) is 0 Å². The van der Waals surface area contributed by atoms with Gasteiger partial charge in [-0.15, -0.1) is 0 Å². The number of hydrogen-bond acceptors (Lipinski definition) is 4. The molecule has 0 amide bonds. The van der Waals surface area contributed by atoms with Crippen LogP contribution in [0.2, 0.25) is 0 Å². The second-order valence-corrected chi connectivity index (χ2v) is 5.01. The number of rotatable bonds is 6. The van der Waals surface area contributed by atoms with Crippen molar-refractivity contribution in [1.82, 2.24) is 10.2 Å². The van der Waals surface area contributed by atoms with Crippen LogP contribution >= 0.6 is 0 Å². The maximum atomic E-state index is 11.8. The van der Waals surface area contributed by atoms with E-state index in [2.05, 4.69) is 24.1 Å². The smallest absolute Gasteiger partial charge is 0.324 e. The molecule has 0 bridgehead atoms. The van der Waals surface area contributed by atoms with Crippen LogP contribution in [-0.4, -0.2) is 49.2 Å². The second-order valence-electron chi connectivity index (χ2n) is 5.01. The molecular weight excluding hydrogens is 216 g/mol. The first-order valence-corrected chi connectivity index (χ1v) is 6.72. The number of esters is 1. The lowest BCUT2D eigenvalue weighted by Crippen LogP contribution is -2.47. The number of carbonyl (C=O) groups excluding carboxylic acids is 1. The lowest BCUT2D eigenvalue weighted by atomic mass is 10.1. The van der Waals surface area contributed by atoms with Crippen molar-refractivity contribution >= 4 is 5.97 Å². The standard InChI is InChI=1S/C13H26N2O2/c1-5-14-12(13(16)17-6-2)9-15-8-10(3)7-11(15)4/h10-12,14H,5-9H2,1-4H3. The molecule has 0 aromatic heterocycles. The predicted molar refractivity (Wildman–Crippen MR) is 68.9 cm³/mol. The van der Waals surface area contributed by atoms with E-state index in [1.807, 2.05) is 13.8 Å². The van der Waals surface area contributed by atoms with Crippen molar-refractivity contribution in [2.24, 2.45) is 5.92 Å². The zero-order valence-electron chi connectivity index (χ0n) is 11.5. The molecule has 0 aromatic carbocycles. The molecule has 4 heteroatoms. The summed E-state index contributed by atoms with van der Waals surface area (Å²) >= 11 is 0. The third-order valence-corrected chi connectivity index (χ3v) is 3.35. The average molecular weight is 242 g/mol. The van der Waals surface area contributed by atoms with Crippen LogP contribution in [0.3, 0.4) is 0 Å². The van der Waals surface area contributed by atoms with Crippen LogP contribution in [0, 0.1) is 5.92 Å². The molecule has 0 aromatic rings. The molecule has 1 saturated heterocycles. The molecule has 0 saturated carbocycles. The molecule has 17 heavy (non-hydrogen) atoms. The Morgan fingerprint density at radius 3 is 2.65 bits per heavy atom. The van der Waals surface area contributed by atoms with Gasteiger partial charge in [0.05, 0.1) is 6.61 Å². The lowest BCUT2D eigenvalue weighted by Gasteiger charge is -2.26. The number of nitrogens with one attached hydrogen (secondary N) is 1. The highest BCUT2D eigenvalue weighted by Crippen LogP contribution is 2.22. The maximum Gasteiger partial charge on any atom is 0.324 e. The fourth-order valence-electron chi connectivity index (χ4n) is 2.59. The molecule has 4 nitrogen and oxygen atoms in total. The van der Waals surface area contributed by atoms with Crippen LogP contribution in [0.15, 0.2) is 0 Å². The largest absolute Gasteiger partial charge is 0.465 e. The van der Waals surface area contributed by atoms with Gasteiger partial charge in [-0.25, -0.2) is 0 Å². The van der Waals surface area contributed by atoms with Gasteiger partial charge in [0.2, 0.25) is 0 Å². The van der Waals surface area contributed by atoms with Gasteiger partial charge in [-0.3, -0.25) is 9.69 Å². The van der Waals surface area contributed by atoms with E-state index in [4.69, 9.17) is 4.74 Å². The Labute approximate surface area is 105 Å². The van der Waals surface area contributed by atoms with Crippen molar-refractivity contribution in [3.63, 3.8) is 0 Å². The maximum absolute atomic E-state index is 11.8. The summed E-state index contributed by atoms with van der Waals surface area (Å²) < 4.78 is 5.10. The Morgan fingerprint density at radius 1 is 1.47 bits per heavy atom. The summed E-state index contributed by atoms with van der Waals surface area (Å²) in [4.78, 5) is 14.2. The van der Waals surface area contributed by atoms with Gasteiger partial charge < -0.3 is 10.1 Å². The highest BCUT2D eigenvalue weighted by Gasteiger charge is 2.30. The summed E-state index contributed by atoms with van der Waals surface area (Å²) in [5.74, 6) is 0.607. The van der Waals surface area contributed by atoms with Crippen LogP contribution in [0.4, 0.5) is 0 Å². The van der Waals surface area contributed by atoms with Crippen molar-refractivity contribution < 1.29 is 9.53 Å². The van der Waals surface area contributed by atoms with Gasteiger partial charge >= 0.3 is 5.97 Å². The van der Waals surface area contributed by atoms with Crippen molar-refractivity contribution in [3.8, 4) is 0 Å². The zero-order chi connectivity index (χ0) is 12.8. The second kappa shape index (κ2) is 6.97. The molecule has 0 aliphatic carbocycles. The average Bonchev–Trinajstić information content (AvgIpc) is 2.57. The van der Waals surface area contributed by atoms with Crippen LogP contribution in [-0.2, 0) is 9.53 Å². The molecule has 1 fully saturated rings. The predicted octanol–water partition coefficient (Wildman–Crippen LogP) is 1.26. The summed E-state index contributed by atoms with van der Waals surface area (Å²) in [5, 5.41) is 3.21. The molecule has 1 rings (SSSR count). The summed E-state index contributed by atoms with van der Waals surface area (Å²) in [6.07, 6.45) is 1.22. The molecule has 1 N–H and O–H groups in total. The molecular formula is C13H26N2O2. The lowest BCUT2D eigenvalue weighted by molar-refractivity contribution is -0.146. The van der Waals surface area contributed by atoms with E-state index in [-0.39, 0.29) is 12.0 Å². The molecule has 3 unspecified atom stereocenters. The van der Waals surface area contributed by atoms with E-state index in [1.54, 1.807) is 0 Å². The van der Waals surface area contributed by atoms with Crippen molar-refractivity contribution in [2.45, 2.75) is 46.2 Å². The number of likely N-dealkylation sites (tertiary alicyclic amines) is 1. The van der Waals surface area contributed by atoms with E-state index in [9.17, 15) is 4.79 Å². The molecule has 3 atom stereocenters. The monoisotopic (exact) mass is 242 g/mol. The Hall–Kier alpha value is -0.610. The molecule has 0 spiro atoms. The van der Waals surface area contributed by atoms with Gasteiger partial charge in [0.1, 0.15) is 6.04 Å². The van der Waals surface area contributed by atoms with Gasteiger partial charge in [-0.1, -0.05) is 13.8 Å². The van der Waals surface area contributed by atoms with Crippen LogP contribution in [0.1, 0.15) is 34.1 Å². The number of nitrogens with zero attached hydrogens (tertiary/aromatic N) is 1. The minimum absolute atomic E-state index is 0.124. The van der Waals surface area contributed by atoms with E-state index in [0.717, 1.165) is 25.6 Å². The van der Waals surface area contributed by atoms with Crippen molar-refractivity contribution in [2.75, 3.05) is 26.2 Å². The third-order valence-electron chi connectivity index (χ3n) is 3.35. The van der Waals surface area contributed by atoms with Gasteiger partial charge in [0.25, 0.3) is 0 Å². The van der Waals surface area contributed by atoms with E-state index < -0.39 is 0 Å². The highest BCUT2D eigenvalue weighted by molar-refractivity contribution is 5.76. The number of hydrogen-bond donors (Lipinski definition) is 1. The van der Waals surface area contributed by atoms with Crippen LogP contribution in [0.5, 0.6) is 0 Å². The normalized spacial score (nSPS) is 27.1. The minimum Gasteiger partial charge on any atom is -0.465 e. The summed E-state index contributed by atoms with van der Waals surface area (Å²) in [7, 11) is 0. The first-order chi connectivity index (χ1) is 8.08. The molecule has 100 valence electrons. The quantitative estimate of drug-likeness (QED) is 0.712. The first-order valence-electron chi connectivity index (χ1n) is 6.72. The number of likely N-dealkylation sites (N-methyl/N-ethyl adjacent to an activating group) is 1. The fraction of sp³-hybridized carbons (Fsp3) is 0.923. The minimum atomic E-state index is -0.187. The van der Waals surface area contributed by atoms with E-state index in [0.29, 0.717) is 12.6 Å². The first kappa shape index (κ1) is 14.5. The van der Waals surface area contributed by atoms with Crippen LogP contribution < -0.4 is 5.32 Å². The number of carbonyl (C=O) groups is 1. The Bertz CT molecular complexity index is 246. The third kappa shape index (κ3) is 4.28. The summed E-state index contributed by atoms with van der Waals surface area (Å²) in [6, 6.07) is 0.383. The summed E-state index contributed by atoms with van der Waals surface area (Å²) in [6.45, 7) is 11.5. The SMILES string of the molecule is CCNC(CN1CC(C)CC1C)C(=O)OCC. The van der Waals surface area contributed by atoms with Gasteiger partial charge in [0.15, 0.2) is 0 Å². The Balaban J connectivity index is 2.51. The molecule has 1 aliphatic heterocycles. The van der Waals surface area contributed by atoms with Gasteiger partial charge in [-0.2, -0.15) is 0 Å². The highest BCUT2D eigenvalue weighted by atomic mass is 16.5. The molecule has 1 heterocycles. The van der Waals surface area contributed by atoms with Gasteiger partial charge in [-0.05, 0) is 32.7 Å². The summed E-state index contributed by atoms with van der Waals surface area (Å²) in [5.41, 5.74) is 0. The van der Waals surface area contributed by atoms with E-state index in [1.165, 1.54) is 6.42 Å². The fourth-order valence-corrected chi connectivity index (χ4v) is 2.59. The number of ether oxygens (including phenoxy) is 1. The topological polar surface area (TPSA) is 41.6 Å². The van der Waals surface area contributed by atoms with Crippen molar-refractivity contribution in [1.29, 1.82) is 0 Å². The van der Waals surface area contributed by atoms with E-state index >= 15 is 0 Å². The molecule has 1 aliphatic rings. The zero-order valence-corrected chi connectivity index (χ0v) is 11.5. The van der Waals surface area contributed by atoms with Crippen LogP contribution in [0.25, 0.3) is 0 Å². The Kier molecular flexibility index (Phi) is 5.92.